The summed E-state index contributed by atoms with van der Waals surface area (Å²) in [4.78, 5) is 30.6. The van der Waals surface area contributed by atoms with E-state index in [2.05, 4.69) is 25.9 Å². The number of nitrogens with zero attached hydrogens (tertiary/aromatic N) is 1. The van der Waals surface area contributed by atoms with Crippen LogP contribution in [0.2, 0.25) is 0 Å². The first kappa shape index (κ1) is 15.8. The zero-order valence-corrected chi connectivity index (χ0v) is 13.6. The molecule has 2 aromatic rings. The molecule has 0 saturated carbocycles. The van der Waals surface area contributed by atoms with Gasteiger partial charge in [-0.3, -0.25) is 9.59 Å². The third kappa shape index (κ3) is 4.44. The number of halogens is 1. The lowest BCUT2D eigenvalue weighted by Gasteiger charge is -2.06. The zero-order valence-electron chi connectivity index (χ0n) is 11.2. The zero-order chi connectivity index (χ0) is 15.4. The Labute approximate surface area is 133 Å². The highest BCUT2D eigenvalue weighted by molar-refractivity contribution is 9.10. The summed E-state index contributed by atoms with van der Waals surface area (Å²) in [6, 6.07) is 7.83. The van der Waals surface area contributed by atoms with E-state index in [-0.39, 0.29) is 17.5 Å². The molecule has 0 aliphatic heterocycles. The van der Waals surface area contributed by atoms with Gasteiger partial charge in [0.2, 0.25) is 0 Å². The second-order valence-corrected chi connectivity index (χ2v) is 6.36. The lowest BCUT2D eigenvalue weighted by atomic mass is 10.2. The normalized spacial score (nSPS) is 10.6. The van der Waals surface area contributed by atoms with Gasteiger partial charge in [0.1, 0.15) is 5.82 Å². The van der Waals surface area contributed by atoms with Crippen LogP contribution in [0.1, 0.15) is 17.1 Å². The number of aromatic amines is 1. The summed E-state index contributed by atoms with van der Waals surface area (Å²) in [5.74, 6) is 0.0122. The van der Waals surface area contributed by atoms with Gasteiger partial charge in [-0.1, -0.05) is 22.0 Å². The Morgan fingerprint density at radius 1 is 1.48 bits per heavy atom. The maximum Gasteiger partial charge on any atom is 0.308 e. The number of carboxylic acids is 1. The third-order valence-corrected chi connectivity index (χ3v) is 4.27. The van der Waals surface area contributed by atoms with Crippen LogP contribution in [0.25, 0.3) is 0 Å². The van der Waals surface area contributed by atoms with Crippen molar-refractivity contribution < 1.29 is 9.90 Å². The molecule has 0 atom stereocenters. The monoisotopic (exact) mass is 368 g/mol. The largest absolute Gasteiger partial charge is 0.481 e. The summed E-state index contributed by atoms with van der Waals surface area (Å²) in [6.45, 7) is 1.65. The van der Waals surface area contributed by atoms with E-state index in [9.17, 15) is 9.59 Å². The lowest BCUT2D eigenvalue weighted by molar-refractivity contribution is -0.136. The average molecular weight is 369 g/mol. The Balaban J connectivity index is 2.15. The van der Waals surface area contributed by atoms with Gasteiger partial charge in [0.15, 0.2) is 0 Å². The Hall–Kier alpha value is -1.60. The van der Waals surface area contributed by atoms with Crippen LogP contribution in [-0.2, 0) is 17.0 Å². The van der Waals surface area contributed by atoms with Crippen molar-refractivity contribution in [2.24, 2.45) is 0 Å². The summed E-state index contributed by atoms with van der Waals surface area (Å²) in [5.41, 5.74) is 0.291. The number of benzene rings is 1. The van der Waals surface area contributed by atoms with Crippen LogP contribution >= 0.6 is 27.7 Å². The fourth-order valence-corrected chi connectivity index (χ4v) is 3.18. The number of H-pyrrole nitrogens is 1. The molecule has 110 valence electrons. The highest BCUT2D eigenvalue weighted by Crippen LogP contribution is 2.24. The van der Waals surface area contributed by atoms with Gasteiger partial charge in [-0.25, -0.2) is 4.98 Å². The molecule has 0 spiro atoms. The van der Waals surface area contributed by atoms with Crippen LogP contribution in [0.3, 0.4) is 0 Å². The van der Waals surface area contributed by atoms with Gasteiger partial charge in [-0.15, -0.1) is 11.8 Å². The first-order chi connectivity index (χ1) is 9.95. The molecule has 1 aromatic carbocycles. The van der Waals surface area contributed by atoms with Crippen molar-refractivity contribution in [1.29, 1.82) is 0 Å². The summed E-state index contributed by atoms with van der Waals surface area (Å²) < 4.78 is 0.988. The first-order valence-corrected chi connectivity index (χ1v) is 7.92. The minimum absolute atomic E-state index is 0.207. The van der Waals surface area contributed by atoms with Crippen molar-refractivity contribution in [3.63, 3.8) is 0 Å². The predicted molar refractivity (Wildman–Crippen MR) is 84.6 cm³/mol. The van der Waals surface area contributed by atoms with E-state index < -0.39 is 5.97 Å². The van der Waals surface area contributed by atoms with Crippen LogP contribution in [-0.4, -0.2) is 21.0 Å². The number of hydrogen-bond donors (Lipinski definition) is 2. The van der Waals surface area contributed by atoms with Crippen molar-refractivity contribution in [2.45, 2.75) is 24.0 Å². The van der Waals surface area contributed by atoms with Crippen molar-refractivity contribution in [3.05, 3.63) is 56.2 Å². The van der Waals surface area contributed by atoms with Crippen molar-refractivity contribution in [3.8, 4) is 0 Å². The molecule has 1 heterocycles. The number of aliphatic carboxylic acids is 1. The number of thioether (sulfide) groups is 1. The SMILES string of the molecule is Cc1nc(CSc2cccc(Br)c2)[nH]c(=O)c1CC(=O)O. The molecule has 2 rings (SSSR count). The van der Waals surface area contributed by atoms with Gasteiger partial charge >= 0.3 is 5.97 Å². The van der Waals surface area contributed by atoms with Gasteiger partial charge in [-0.05, 0) is 25.1 Å². The second-order valence-electron chi connectivity index (χ2n) is 4.39. The van der Waals surface area contributed by atoms with E-state index >= 15 is 0 Å². The molecule has 2 N–H and O–H groups in total. The van der Waals surface area contributed by atoms with Crippen molar-refractivity contribution >= 4 is 33.7 Å². The van der Waals surface area contributed by atoms with Crippen LogP contribution in [0.5, 0.6) is 0 Å². The van der Waals surface area contributed by atoms with Crippen LogP contribution < -0.4 is 5.56 Å². The molecule has 1 aromatic heterocycles. The summed E-state index contributed by atoms with van der Waals surface area (Å²) in [5, 5.41) is 8.77. The van der Waals surface area contributed by atoms with Gasteiger partial charge < -0.3 is 10.1 Å². The molecule has 0 amide bonds. The number of hydrogen-bond acceptors (Lipinski definition) is 4. The number of rotatable bonds is 5. The van der Waals surface area contributed by atoms with Crippen molar-refractivity contribution in [2.75, 3.05) is 0 Å². The summed E-state index contributed by atoms with van der Waals surface area (Å²) in [6.07, 6.45) is -0.312. The van der Waals surface area contributed by atoms with Crippen LogP contribution in [0.15, 0.2) is 38.4 Å². The number of nitrogens with one attached hydrogen (secondary N) is 1. The lowest BCUT2D eigenvalue weighted by Crippen LogP contribution is -2.21. The quantitative estimate of drug-likeness (QED) is 0.792. The number of aryl methyl sites for hydroxylation is 1. The van der Waals surface area contributed by atoms with Gasteiger partial charge in [0, 0.05) is 20.6 Å². The number of carboxylic acid groups (broad SMARTS) is 1. The molecule has 5 nitrogen and oxygen atoms in total. The van der Waals surface area contributed by atoms with E-state index in [1.807, 2.05) is 24.3 Å². The smallest absolute Gasteiger partial charge is 0.308 e. The molecule has 0 saturated heterocycles. The van der Waals surface area contributed by atoms with Gasteiger partial charge in [0.25, 0.3) is 5.56 Å². The minimum atomic E-state index is -1.04. The third-order valence-electron chi connectivity index (χ3n) is 2.77. The van der Waals surface area contributed by atoms with Crippen LogP contribution in [0.4, 0.5) is 0 Å². The van der Waals surface area contributed by atoms with E-state index in [0.29, 0.717) is 17.3 Å². The van der Waals surface area contributed by atoms with E-state index in [1.54, 1.807) is 18.7 Å². The van der Waals surface area contributed by atoms with E-state index in [0.717, 1.165) is 9.37 Å². The Morgan fingerprint density at radius 2 is 2.24 bits per heavy atom. The Bertz CT molecular complexity index is 730. The van der Waals surface area contributed by atoms with Crippen molar-refractivity contribution in [1.82, 2.24) is 9.97 Å². The highest BCUT2D eigenvalue weighted by Gasteiger charge is 2.11. The fraction of sp³-hybridized carbons (Fsp3) is 0.214. The maximum absolute atomic E-state index is 11.9. The summed E-state index contributed by atoms with van der Waals surface area (Å²) >= 11 is 4.95. The number of carbonyl (C=O) groups is 1. The van der Waals surface area contributed by atoms with Gasteiger partial charge in [0.05, 0.1) is 12.2 Å². The van der Waals surface area contributed by atoms with Crippen LogP contribution in [0, 0.1) is 6.92 Å². The molecule has 0 radical (unpaired) electrons. The molecule has 0 unspecified atom stereocenters. The van der Waals surface area contributed by atoms with E-state index in [4.69, 9.17) is 5.11 Å². The molecular formula is C14H13BrN2O3S. The minimum Gasteiger partial charge on any atom is -0.481 e. The maximum atomic E-state index is 11.9. The second kappa shape index (κ2) is 6.91. The average Bonchev–Trinajstić information content (AvgIpc) is 2.40. The fourth-order valence-electron chi connectivity index (χ4n) is 1.80. The highest BCUT2D eigenvalue weighted by atomic mass is 79.9. The van der Waals surface area contributed by atoms with E-state index in [1.165, 1.54) is 0 Å². The molecule has 0 aliphatic rings. The number of aromatic nitrogens is 2. The molecular weight excluding hydrogens is 356 g/mol. The molecule has 21 heavy (non-hydrogen) atoms. The predicted octanol–water partition coefficient (Wildman–Crippen LogP) is 2.76. The molecule has 7 heteroatoms. The molecule has 0 aliphatic carbocycles. The summed E-state index contributed by atoms with van der Waals surface area (Å²) in [7, 11) is 0. The molecule has 0 bridgehead atoms. The molecule has 0 fully saturated rings. The Kier molecular flexibility index (Phi) is 5.19. The Morgan fingerprint density at radius 3 is 2.86 bits per heavy atom. The first-order valence-electron chi connectivity index (χ1n) is 6.14. The van der Waals surface area contributed by atoms with Gasteiger partial charge in [-0.2, -0.15) is 0 Å². The standard InChI is InChI=1S/C14H13BrN2O3S/c1-8-11(6-13(18)19)14(20)17-12(16-8)7-21-10-4-2-3-9(15)5-10/h2-5H,6-7H2,1H3,(H,18,19)(H,16,17,20). The topological polar surface area (TPSA) is 83.0 Å².